The average molecular weight is 371 g/mol. The second-order valence-corrected chi connectivity index (χ2v) is 5.74. The van der Waals surface area contributed by atoms with E-state index in [9.17, 15) is 9.59 Å². The minimum atomic E-state index is -0.563. The van der Waals surface area contributed by atoms with Gasteiger partial charge in [0.1, 0.15) is 11.5 Å². The number of amides is 2. The van der Waals surface area contributed by atoms with E-state index < -0.39 is 11.8 Å². The molecule has 132 valence electrons. The molecule has 3 aromatic rings. The molecule has 0 aliphatic rings. The minimum absolute atomic E-state index is 0.0741. The number of ether oxygens (including phenoxy) is 1. The van der Waals surface area contributed by atoms with E-state index in [1.165, 1.54) is 13.2 Å². The third kappa shape index (κ3) is 4.04. The van der Waals surface area contributed by atoms with Gasteiger partial charge in [0.25, 0.3) is 5.91 Å². The Morgan fingerprint density at radius 1 is 0.885 bits per heavy atom. The molecule has 0 bridgehead atoms. The molecule has 0 saturated heterocycles. The van der Waals surface area contributed by atoms with Gasteiger partial charge in [-0.2, -0.15) is 0 Å². The van der Waals surface area contributed by atoms with Crippen molar-refractivity contribution in [2.45, 2.75) is 0 Å². The molecule has 2 amide bonds. The van der Waals surface area contributed by atoms with Crippen LogP contribution in [0.25, 0.3) is 11.3 Å². The highest BCUT2D eigenvalue weighted by Crippen LogP contribution is 2.23. The Bertz CT molecular complexity index is 917. The predicted molar refractivity (Wildman–Crippen MR) is 97.1 cm³/mol. The SMILES string of the molecule is COc1ccc(C(=O)NNC(=O)c2ccc(-c3ccc(Cl)cc3)o2)cc1. The third-order valence-corrected chi connectivity index (χ3v) is 3.85. The number of benzene rings is 2. The van der Waals surface area contributed by atoms with Crippen LogP contribution in [0.2, 0.25) is 5.02 Å². The largest absolute Gasteiger partial charge is 0.497 e. The molecule has 7 heteroatoms. The van der Waals surface area contributed by atoms with Crippen molar-refractivity contribution in [1.29, 1.82) is 0 Å². The van der Waals surface area contributed by atoms with Crippen LogP contribution in [0, 0.1) is 0 Å². The highest BCUT2D eigenvalue weighted by Gasteiger charge is 2.14. The molecule has 26 heavy (non-hydrogen) atoms. The summed E-state index contributed by atoms with van der Waals surface area (Å²) < 4.78 is 10.5. The van der Waals surface area contributed by atoms with Crippen molar-refractivity contribution in [3.05, 3.63) is 77.0 Å². The van der Waals surface area contributed by atoms with Crippen molar-refractivity contribution in [3.63, 3.8) is 0 Å². The van der Waals surface area contributed by atoms with Gasteiger partial charge in [0, 0.05) is 16.1 Å². The molecule has 0 saturated carbocycles. The van der Waals surface area contributed by atoms with Crippen LogP contribution in [0.4, 0.5) is 0 Å². The summed E-state index contributed by atoms with van der Waals surface area (Å²) in [6.07, 6.45) is 0. The van der Waals surface area contributed by atoms with Crippen molar-refractivity contribution in [2.24, 2.45) is 0 Å². The zero-order valence-corrected chi connectivity index (χ0v) is 14.5. The molecule has 0 unspecified atom stereocenters. The van der Waals surface area contributed by atoms with Gasteiger partial charge in [0.15, 0.2) is 5.76 Å². The summed E-state index contributed by atoms with van der Waals surface area (Å²) >= 11 is 5.85. The monoisotopic (exact) mass is 370 g/mol. The van der Waals surface area contributed by atoms with Crippen molar-refractivity contribution in [3.8, 4) is 17.1 Å². The second kappa shape index (κ2) is 7.76. The number of hydrogen-bond acceptors (Lipinski definition) is 4. The minimum Gasteiger partial charge on any atom is -0.497 e. The molecule has 2 N–H and O–H groups in total. The van der Waals surface area contributed by atoms with Crippen LogP contribution >= 0.6 is 11.6 Å². The normalized spacial score (nSPS) is 10.2. The summed E-state index contributed by atoms with van der Waals surface area (Å²) in [7, 11) is 1.54. The van der Waals surface area contributed by atoms with E-state index >= 15 is 0 Å². The molecule has 3 rings (SSSR count). The Labute approximate surface area is 154 Å². The lowest BCUT2D eigenvalue weighted by molar-refractivity contribution is 0.0831. The Kier molecular flexibility index (Phi) is 5.24. The summed E-state index contributed by atoms with van der Waals surface area (Å²) in [6.45, 7) is 0. The number of carbonyl (C=O) groups is 2. The lowest BCUT2D eigenvalue weighted by Crippen LogP contribution is -2.41. The lowest BCUT2D eigenvalue weighted by atomic mass is 10.2. The van der Waals surface area contributed by atoms with E-state index in [4.69, 9.17) is 20.8 Å². The van der Waals surface area contributed by atoms with Gasteiger partial charge < -0.3 is 9.15 Å². The summed E-state index contributed by atoms with van der Waals surface area (Å²) in [4.78, 5) is 24.1. The highest BCUT2D eigenvalue weighted by atomic mass is 35.5. The zero-order valence-electron chi connectivity index (χ0n) is 13.8. The van der Waals surface area contributed by atoms with Gasteiger partial charge in [-0.3, -0.25) is 20.4 Å². The number of carbonyl (C=O) groups excluding carboxylic acids is 2. The van der Waals surface area contributed by atoms with Crippen molar-refractivity contribution in [2.75, 3.05) is 7.11 Å². The lowest BCUT2D eigenvalue weighted by Gasteiger charge is -2.06. The first-order valence-corrected chi connectivity index (χ1v) is 8.05. The van der Waals surface area contributed by atoms with Gasteiger partial charge in [-0.1, -0.05) is 11.6 Å². The second-order valence-electron chi connectivity index (χ2n) is 5.31. The highest BCUT2D eigenvalue weighted by molar-refractivity contribution is 6.30. The van der Waals surface area contributed by atoms with E-state index in [2.05, 4.69) is 10.9 Å². The fourth-order valence-corrected chi connectivity index (χ4v) is 2.34. The quantitative estimate of drug-likeness (QED) is 0.686. The summed E-state index contributed by atoms with van der Waals surface area (Å²) in [6, 6.07) is 16.7. The Morgan fingerprint density at radius 3 is 2.19 bits per heavy atom. The maximum Gasteiger partial charge on any atom is 0.305 e. The molecule has 1 aromatic heterocycles. The van der Waals surface area contributed by atoms with E-state index in [1.807, 2.05) is 0 Å². The number of hydrazine groups is 1. The van der Waals surface area contributed by atoms with E-state index in [-0.39, 0.29) is 5.76 Å². The molecule has 6 nitrogen and oxygen atoms in total. The smallest absolute Gasteiger partial charge is 0.305 e. The fraction of sp³-hybridized carbons (Fsp3) is 0.0526. The van der Waals surface area contributed by atoms with Crippen LogP contribution in [0.3, 0.4) is 0 Å². The van der Waals surface area contributed by atoms with Gasteiger partial charge in [-0.05, 0) is 60.7 Å². The zero-order chi connectivity index (χ0) is 18.5. The Balaban J connectivity index is 1.61. The number of hydrogen-bond donors (Lipinski definition) is 2. The topological polar surface area (TPSA) is 80.6 Å². The van der Waals surface area contributed by atoms with Gasteiger partial charge in [0.05, 0.1) is 7.11 Å². The number of halogens is 1. The molecule has 0 spiro atoms. The van der Waals surface area contributed by atoms with Crippen molar-refractivity contribution in [1.82, 2.24) is 10.9 Å². The van der Waals surface area contributed by atoms with Crippen LogP contribution in [-0.2, 0) is 0 Å². The third-order valence-electron chi connectivity index (χ3n) is 3.60. The van der Waals surface area contributed by atoms with Crippen molar-refractivity contribution < 1.29 is 18.7 Å². The molecule has 0 fully saturated rings. The fourth-order valence-electron chi connectivity index (χ4n) is 2.22. The summed E-state index contributed by atoms with van der Waals surface area (Å²) in [5.41, 5.74) is 5.82. The van der Waals surface area contributed by atoms with Gasteiger partial charge in [-0.25, -0.2) is 0 Å². The van der Waals surface area contributed by atoms with Gasteiger partial charge in [-0.15, -0.1) is 0 Å². The maximum absolute atomic E-state index is 12.1. The van der Waals surface area contributed by atoms with Crippen LogP contribution in [-0.4, -0.2) is 18.9 Å². The van der Waals surface area contributed by atoms with Crippen LogP contribution in [0.15, 0.2) is 65.1 Å². The number of methoxy groups -OCH3 is 1. The molecular formula is C19H15ClN2O4. The summed E-state index contributed by atoms with van der Waals surface area (Å²) in [5.74, 6) is 0.215. The van der Waals surface area contributed by atoms with Crippen LogP contribution in [0.5, 0.6) is 5.75 Å². The molecule has 0 aliphatic heterocycles. The molecule has 0 aliphatic carbocycles. The molecule has 1 heterocycles. The first-order chi connectivity index (χ1) is 12.6. The first-order valence-electron chi connectivity index (χ1n) is 7.67. The molecule has 0 atom stereocenters. The van der Waals surface area contributed by atoms with Gasteiger partial charge in [0.2, 0.25) is 0 Å². The van der Waals surface area contributed by atoms with Crippen LogP contribution in [0.1, 0.15) is 20.9 Å². The molecular weight excluding hydrogens is 356 g/mol. The molecule has 0 radical (unpaired) electrons. The Morgan fingerprint density at radius 2 is 1.54 bits per heavy atom. The van der Waals surface area contributed by atoms with Crippen LogP contribution < -0.4 is 15.6 Å². The van der Waals surface area contributed by atoms with Gasteiger partial charge >= 0.3 is 5.91 Å². The molecule has 2 aromatic carbocycles. The number of furan rings is 1. The maximum atomic E-state index is 12.1. The summed E-state index contributed by atoms with van der Waals surface area (Å²) in [5, 5.41) is 0.611. The number of nitrogens with one attached hydrogen (secondary N) is 2. The average Bonchev–Trinajstić information content (AvgIpc) is 3.16. The first kappa shape index (κ1) is 17.6. The van der Waals surface area contributed by atoms with Crippen molar-refractivity contribution >= 4 is 23.4 Å². The standard InChI is InChI=1S/C19H15ClN2O4/c1-25-15-8-4-13(5-9-15)18(23)21-22-19(24)17-11-10-16(26-17)12-2-6-14(20)7-3-12/h2-11H,1H3,(H,21,23)(H,22,24). The number of rotatable bonds is 4. The van der Waals surface area contributed by atoms with E-state index in [1.54, 1.807) is 54.6 Å². The Hall–Kier alpha value is -3.25. The van der Waals surface area contributed by atoms with E-state index in [0.29, 0.717) is 22.1 Å². The predicted octanol–water partition coefficient (Wildman–Crippen LogP) is 3.68. The van der Waals surface area contributed by atoms with E-state index in [0.717, 1.165) is 5.56 Å².